The highest BCUT2D eigenvalue weighted by Crippen LogP contribution is 2.46. The first-order valence-corrected chi connectivity index (χ1v) is 9.54. The van der Waals surface area contributed by atoms with E-state index in [-0.39, 0.29) is 18.4 Å². The summed E-state index contributed by atoms with van der Waals surface area (Å²) >= 11 is 0. The van der Waals surface area contributed by atoms with Gasteiger partial charge in [0, 0.05) is 12.4 Å². The lowest BCUT2D eigenvalue weighted by molar-refractivity contribution is -0.143. The van der Waals surface area contributed by atoms with Gasteiger partial charge in [0.15, 0.2) is 6.10 Å². The molecule has 144 valence electrons. The van der Waals surface area contributed by atoms with Gasteiger partial charge in [-0.2, -0.15) is 0 Å². The highest BCUT2D eigenvalue weighted by atomic mass is 16.7. The zero-order valence-electron chi connectivity index (χ0n) is 15.6. The number of benzene rings is 2. The second-order valence-corrected chi connectivity index (χ2v) is 7.19. The molecule has 0 N–H and O–H groups in total. The number of pyridine rings is 1. The summed E-state index contributed by atoms with van der Waals surface area (Å²) in [6.07, 6.45) is 2.58. The molecule has 0 unspecified atom stereocenters. The van der Waals surface area contributed by atoms with Crippen LogP contribution in [-0.2, 0) is 21.0 Å². The van der Waals surface area contributed by atoms with Gasteiger partial charge in [-0.05, 0) is 29.3 Å². The van der Waals surface area contributed by atoms with Crippen molar-refractivity contribution < 1.29 is 14.4 Å². The van der Waals surface area contributed by atoms with Gasteiger partial charge in [0.2, 0.25) is 5.91 Å². The van der Waals surface area contributed by atoms with Crippen molar-refractivity contribution in [3.05, 3.63) is 96.3 Å². The Labute approximate surface area is 168 Å². The normalized spacial score (nSPS) is 23.5. The number of para-hydroxylation sites is 1. The number of hydrogen-bond acceptors (Lipinski definition) is 5. The lowest BCUT2D eigenvalue weighted by atomic mass is 9.91. The minimum atomic E-state index is -0.836. The average molecular weight is 385 g/mol. The van der Waals surface area contributed by atoms with Crippen molar-refractivity contribution >= 4 is 17.5 Å². The number of carbonyl (C=O) groups excluding carboxylic acids is 2. The molecule has 0 saturated carbocycles. The van der Waals surface area contributed by atoms with Gasteiger partial charge in [-0.25, -0.2) is 5.06 Å². The maximum Gasteiger partial charge on any atom is 0.262 e. The van der Waals surface area contributed by atoms with E-state index < -0.39 is 18.1 Å². The summed E-state index contributed by atoms with van der Waals surface area (Å²) in [7, 11) is 0. The summed E-state index contributed by atoms with van der Waals surface area (Å²) in [4.78, 5) is 38.0. The predicted octanol–water partition coefficient (Wildman–Crippen LogP) is 3.13. The van der Waals surface area contributed by atoms with Crippen LogP contribution in [0.1, 0.15) is 17.2 Å². The third-order valence-corrected chi connectivity index (χ3v) is 5.43. The van der Waals surface area contributed by atoms with Crippen LogP contribution in [-0.4, -0.2) is 27.8 Å². The predicted molar refractivity (Wildman–Crippen MR) is 106 cm³/mol. The van der Waals surface area contributed by atoms with Crippen molar-refractivity contribution in [3.8, 4) is 0 Å². The number of hydroxylamine groups is 1. The number of rotatable bonds is 4. The van der Waals surface area contributed by atoms with E-state index in [1.807, 2.05) is 72.8 Å². The Morgan fingerprint density at radius 3 is 2.28 bits per heavy atom. The number of fused-ring (bicyclic) bond motifs is 1. The molecular formula is C23H19N3O3. The molecule has 2 aromatic carbocycles. The van der Waals surface area contributed by atoms with Crippen LogP contribution in [0.5, 0.6) is 0 Å². The third-order valence-electron chi connectivity index (χ3n) is 5.43. The van der Waals surface area contributed by atoms with E-state index in [1.54, 1.807) is 17.5 Å². The maximum absolute atomic E-state index is 13.3. The zero-order chi connectivity index (χ0) is 19.8. The highest BCUT2D eigenvalue weighted by Gasteiger charge is 2.59. The summed E-state index contributed by atoms with van der Waals surface area (Å²) in [5, 5.41) is 1.68. The van der Waals surface area contributed by atoms with E-state index in [1.165, 1.54) is 4.90 Å². The summed E-state index contributed by atoms with van der Waals surface area (Å²) in [6.45, 7) is 0.250. The summed E-state index contributed by atoms with van der Waals surface area (Å²) in [5.74, 6) is -1.12. The van der Waals surface area contributed by atoms with Crippen LogP contribution in [0.15, 0.2) is 85.2 Å². The number of carbonyl (C=O) groups is 2. The van der Waals surface area contributed by atoms with Crippen molar-refractivity contribution in [2.45, 2.75) is 18.7 Å². The number of anilines is 1. The van der Waals surface area contributed by atoms with Gasteiger partial charge < -0.3 is 0 Å². The number of aromatic nitrogens is 1. The van der Waals surface area contributed by atoms with Crippen molar-refractivity contribution in [2.75, 3.05) is 5.06 Å². The molecule has 3 heterocycles. The van der Waals surface area contributed by atoms with Crippen LogP contribution in [0, 0.1) is 5.92 Å². The topological polar surface area (TPSA) is 62.7 Å². The van der Waals surface area contributed by atoms with Crippen molar-refractivity contribution in [1.29, 1.82) is 0 Å². The van der Waals surface area contributed by atoms with E-state index >= 15 is 0 Å². The van der Waals surface area contributed by atoms with E-state index in [0.29, 0.717) is 0 Å². The van der Waals surface area contributed by atoms with Crippen molar-refractivity contribution in [3.63, 3.8) is 0 Å². The molecule has 29 heavy (non-hydrogen) atoms. The number of likely N-dealkylation sites (tertiary alicyclic amines) is 1. The van der Waals surface area contributed by atoms with Gasteiger partial charge in [0.05, 0.1) is 18.3 Å². The number of nitrogens with zero attached hydrogens (tertiary/aromatic N) is 3. The molecule has 1 aromatic heterocycles. The lowest BCUT2D eigenvalue weighted by Gasteiger charge is -2.28. The Balaban J connectivity index is 1.52. The Morgan fingerprint density at radius 1 is 0.862 bits per heavy atom. The molecule has 6 nitrogen and oxygen atoms in total. The van der Waals surface area contributed by atoms with Gasteiger partial charge in [-0.15, -0.1) is 0 Å². The second-order valence-electron chi connectivity index (χ2n) is 7.19. The van der Waals surface area contributed by atoms with E-state index in [0.717, 1.165) is 16.8 Å². The first-order valence-electron chi connectivity index (χ1n) is 9.54. The number of hydrogen-bond donors (Lipinski definition) is 0. The molecule has 2 amide bonds. The number of imide groups is 1. The van der Waals surface area contributed by atoms with Crippen LogP contribution in [0.4, 0.5) is 5.69 Å². The standard InChI is InChI=1S/C23H19N3O3/c27-22-19-20(17-10-7-13-24-14-17)26(18-11-5-2-6-12-18)29-21(19)23(28)25(22)15-16-8-3-1-4-9-16/h1-14,19-21H,15H2/t19-,20+,21+/m0/s1. The third kappa shape index (κ3) is 2.98. The molecule has 0 bridgehead atoms. The molecule has 2 aliphatic rings. The minimum absolute atomic E-state index is 0.212. The molecule has 2 saturated heterocycles. The molecule has 3 atom stereocenters. The Kier molecular flexibility index (Phi) is 4.33. The fourth-order valence-electron chi connectivity index (χ4n) is 4.08. The first kappa shape index (κ1) is 17.6. The molecule has 0 spiro atoms. The molecule has 0 radical (unpaired) electrons. The average Bonchev–Trinajstić information content (AvgIpc) is 3.28. The van der Waals surface area contributed by atoms with Crippen LogP contribution in [0.25, 0.3) is 0 Å². The van der Waals surface area contributed by atoms with Crippen molar-refractivity contribution in [1.82, 2.24) is 9.88 Å². The van der Waals surface area contributed by atoms with Gasteiger partial charge >= 0.3 is 0 Å². The van der Waals surface area contributed by atoms with E-state index in [9.17, 15) is 9.59 Å². The molecule has 2 aliphatic heterocycles. The molecule has 5 rings (SSSR count). The molecular weight excluding hydrogens is 366 g/mol. The van der Waals surface area contributed by atoms with Crippen LogP contribution < -0.4 is 5.06 Å². The molecule has 3 aromatic rings. The SMILES string of the molecule is O=C1[C@H]2[C@@H](c3cccnc3)N(c3ccccc3)O[C@H]2C(=O)N1Cc1ccccc1. The molecule has 6 heteroatoms. The number of amides is 2. The van der Waals surface area contributed by atoms with Crippen molar-refractivity contribution in [2.24, 2.45) is 5.92 Å². The fourth-order valence-corrected chi connectivity index (χ4v) is 4.08. The van der Waals surface area contributed by atoms with E-state index in [2.05, 4.69) is 4.98 Å². The van der Waals surface area contributed by atoms with Crippen LogP contribution >= 0.6 is 0 Å². The fraction of sp³-hybridized carbons (Fsp3) is 0.174. The Hall–Kier alpha value is -3.51. The van der Waals surface area contributed by atoms with E-state index in [4.69, 9.17) is 4.84 Å². The largest absolute Gasteiger partial charge is 0.275 e. The summed E-state index contributed by atoms with van der Waals surface area (Å²) in [5.41, 5.74) is 2.55. The quantitative estimate of drug-likeness (QED) is 0.646. The second kappa shape index (κ2) is 7.14. The van der Waals surface area contributed by atoms with Crippen LogP contribution in [0.3, 0.4) is 0 Å². The highest BCUT2D eigenvalue weighted by molar-refractivity contribution is 6.07. The summed E-state index contributed by atoms with van der Waals surface area (Å²) < 4.78 is 0. The Morgan fingerprint density at radius 2 is 1.59 bits per heavy atom. The lowest BCUT2D eigenvalue weighted by Crippen LogP contribution is -2.36. The maximum atomic E-state index is 13.3. The van der Waals surface area contributed by atoms with Gasteiger partial charge in [-0.3, -0.25) is 24.3 Å². The molecule has 2 fully saturated rings. The van der Waals surface area contributed by atoms with Gasteiger partial charge in [0.1, 0.15) is 5.92 Å². The van der Waals surface area contributed by atoms with Crippen LogP contribution in [0.2, 0.25) is 0 Å². The minimum Gasteiger partial charge on any atom is -0.275 e. The summed E-state index contributed by atoms with van der Waals surface area (Å²) in [6, 6.07) is 22.4. The first-order chi connectivity index (χ1) is 14.2. The van der Waals surface area contributed by atoms with Gasteiger partial charge in [-0.1, -0.05) is 54.6 Å². The monoisotopic (exact) mass is 385 g/mol. The van der Waals surface area contributed by atoms with Gasteiger partial charge in [0.25, 0.3) is 5.91 Å². The smallest absolute Gasteiger partial charge is 0.262 e. The zero-order valence-corrected chi connectivity index (χ0v) is 15.6. The Bertz CT molecular complexity index is 1030. The molecule has 0 aliphatic carbocycles.